The zero-order valence-electron chi connectivity index (χ0n) is 12.1. The van der Waals surface area contributed by atoms with Crippen LogP contribution in [-0.2, 0) is 0 Å². The number of piperidine rings is 1. The van der Waals surface area contributed by atoms with Crippen LogP contribution in [0.3, 0.4) is 0 Å². The largest absolute Gasteiger partial charge is 0.354 e. The van der Waals surface area contributed by atoms with Gasteiger partial charge in [-0.15, -0.1) is 5.10 Å². The number of aryl methyl sites for hydroxylation is 1. The molecule has 0 aromatic carbocycles. The molecule has 19 heavy (non-hydrogen) atoms. The highest BCUT2D eigenvalue weighted by Crippen LogP contribution is 2.27. The molecule has 0 bridgehead atoms. The summed E-state index contributed by atoms with van der Waals surface area (Å²) in [4.78, 5) is 2.18. The second-order valence-electron chi connectivity index (χ2n) is 5.52. The van der Waals surface area contributed by atoms with Gasteiger partial charge in [0.05, 0.1) is 5.69 Å². The van der Waals surface area contributed by atoms with Crippen LogP contribution >= 0.6 is 0 Å². The minimum absolute atomic E-state index is 0.191. The summed E-state index contributed by atoms with van der Waals surface area (Å²) in [6.45, 7) is 7.88. The molecular weight excluding hydrogens is 238 g/mol. The van der Waals surface area contributed by atoms with E-state index >= 15 is 0 Å². The maximum atomic E-state index is 9.35. The molecule has 0 unspecified atom stereocenters. The molecule has 1 aliphatic rings. The van der Waals surface area contributed by atoms with Gasteiger partial charge in [-0.2, -0.15) is 10.4 Å². The fourth-order valence-corrected chi connectivity index (χ4v) is 2.41. The zero-order valence-corrected chi connectivity index (χ0v) is 12.1. The number of nitrogens with one attached hydrogen (secondary N) is 1. The standard InChI is InChI=1S/C14H21N5/c1-10-11(2)17-18-13(12(10)9-15)19-7-5-14(3,16-4)6-8-19/h16H,5-8H2,1-4H3. The van der Waals surface area contributed by atoms with Gasteiger partial charge in [0, 0.05) is 18.6 Å². The molecule has 0 aliphatic carbocycles. The summed E-state index contributed by atoms with van der Waals surface area (Å²) < 4.78 is 0. The minimum Gasteiger partial charge on any atom is -0.354 e. The normalized spacial score (nSPS) is 18.2. The van der Waals surface area contributed by atoms with Gasteiger partial charge in [0.1, 0.15) is 11.6 Å². The summed E-state index contributed by atoms with van der Waals surface area (Å²) in [5.41, 5.74) is 2.63. The van der Waals surface area contributed by atoms with Crippen molar-refractivity contribution >= 4 is 5.82 Å². The summed E-state index contributed by atoms with van der Waals surface area (Å²) in [6, 6.07) is 2.28. The quantitative estimate of drug-likeness (QED) is 0.873. The molecule has 0 spiro atoms. The Kier molecular flexibility index (Phi) is 3.72. The molecule has 0 atom stereocenters. The first-order valence-corrected chi connectivity index (χ1v) is 6.68. The third-order valence-corrected chi connectivity index (χ3v) is 4.32. The van der Waals surface area contributed by atoms with Gasteiger partial charge in [-0.05, 0) is 46.2 Å². The second-order valence-corrected chi connectivity index (χ2v) is 5.52. The number of hydrogen-bond acceptors (Lipinski definition) is 5. The van der Waals surface area contributed by atoms with Crippen LogP contribution in [0.15, 0.2) is 0 Å². The van der Waals surface area contributed by atoms with E-state index in [0.717, 1.165) is 43.0 Å². The van der Waals surface area contributed by atoms with Crippen LogP contribution < -0.4 is 10.2 Å². The van der Waals surface area contributed by atoms with E-state index in [1.54, 1.807) is 0 Å². The van der Waals surface area contributed by atoms with Gasteiger partial charge in [-0.25, -0.2) is 0 Å². The highest BCUT2D eigenvalue weighted by atomic mass is 15.3. The molecule has 1 aliphatic heterocycles. The lowest BCUT2D eigenvalue weighted by Crippen LogP contribution is -2.50. The van der Waals surface area contributed by atoms with E-state index in [0.29, 0.717) is 5.56 Å². The van der Waals surface area contributed by atoms with Gasteiger partial charge in [0.15, 0.2) is 5.82 Å². The molecule has 1 aromatic rings. The highest BCUT2D eigenvalue weighted by Gasteiger charge is 2.30. The molecule has 0 amide bonds. The highest BCUT2D eigenvalue weighted by molar-refractivity contribution is 5.57. The molecule has 0 radical (unpaired) electrons. The summed E-state index contributed by atoms with van der Waals surface area (Å²) in [6.07, 6.45) is 2.09. The summed E-state index contributed by atoms with van der Waals surface area (Å²) in [5, 5.41) is 21.1. The Balaban J connectivity index is 2.26. The minimum atomic E-state index is 0.191. The van der Waals surface area contributed by atoms with E-state index in [1.807, 2.05) is 20.9 Å². The molecule has 5 heteroatoms. The van der Waals surface area contributed by atoms with Crippen molar-refractivity contribution in [3.63, 3.8) is 0 Å². The first kappa shape index (κ1) is 13.8. The number of nitrogens with zero attached hydrogens (tertiary/aromatic N) is 4. The fourth-order valence-electron chi connectivity index (χ4n) is 2.41. The molecule has 5 nitrogen and oxygen atoms in total. The smallest absolute Gasteiger partial charge is 0.169 e. The third-order valence-electron chi connectivity index (χ3n) is 4.32. The van der Waals surface area contributed by atoms with Gasteiger partial charge in [0.2, 0.25) is 0 Å². The average Bonchev–Trinajstić information content (AvgIpc) is 2.43. The average molecular weight is 259 g/mol. The third kappa shape index (κ3) is 2.54. The van der Waals surface area contributed by atoms with E-state index in [2.05, 4.69) is 33.4 Å². The predicted octanol–water partition coefficient (Wildman–Crippen LogP) is 1.54. The van der Waals surface area contributed by atoms with Gasteiger partial charge in [-0.3, -0.25) is 0 Å². The predicted molar refractivity (Wildman–Crippen MR) is 75.1 cm³/mol. The Bertz CT molecular complexity index is 509. The molecule has 1 saturated heterocycles. The van der Waals surface area contributed by atoms with Gasteiger partial charge in [-0.1, -0.05) is 0 Å². The van der Waals surface area contributed by atoms with Crippen LogP contribution in [0.1, 0.15) is 36.6 Å². The van der Waals surface area contributed by atoms with Crippen molar-refractivity contribution in [2.24, 2.45) is 0 Å². The Morgan fingerprint density at radius 2 is 1.89 bits per heavy atom. The van der Waals surface area contributed by atoms with Crippen molar-refractivity contribution in [2.75, 3.05) is 25.0 Å². The lowest BCUT2D eigenvalue weighted by molar-refractivity contribution is 0.304. The van der Waals surface area contributed by atoms with E-state index in [-0.39, 0.29) is 5.54 Å². The van der Waals surface area contributed by atoms with Crippen LogP contribution in [0.25, 0.3) is 0 Å². The molecule has 1 fully saturated rings. The maximum absolute atomic E-state index is 9.35. The first-order valence-electron chi connectivity index (χ1n) is 6.68. The first-order chi connectivity index (χ1) is 9.00. The van der Waals surface area contributed by atoms with Crippen molar-refractivity contribution in [2.45, 2.75) is 39.2 Å². The fraction of sp³-hybridized carbons (Fsp3) is 0.643. The van der Waals surface area contributed by atoms with Crippen molar-refractivity contribution in [3.05, 3.63) is 16.8 Å². The number of anilines is 1. The second kappa shape index (κ2) is 5.14. The van der Waals surface area contributed by atoms with Crippen LogP contribution in [0, 0.1) is 25.2 Å². The van der Waals surface area contributed by atoms with Crippen molar-refractivity contribution in [1.82, 2.24) is 15.5 Å². The lowest BCUT2D eigenvalue weighted by atomic mass is 9.89. The van der Waals surface area contributed by atoms with E-state index in [1.165, 1.54) is 0 Å². The molecule has 0 saturated carbocycles. The monoisotopic (exact) mass is 259 g/mol. The molecule has 1 N–H and O–H groups in total. The van der Waals surface area contributed by atoms with Crippen molar-refractivity contribution in [1.29, 1.82) is 5.26 Å². The summed E-state index contributed by atoms with van der Waals surface area (Å²) in [5.74, 6) is 0.740. The summed E-state index contributed by atoms with van der Waals surface area (Å²) in [7, 11) is 2.01. The zero-order chi connectivity index (χ0) is 14.0. The van der Waals surface area contributed by atoms with Crippen LogP contribution in [0.5, 0.6) is 0 Å². The topological polar surface area (TPSA) is 64.8 Å². The molecule has 1 aromatic heterocycles. The molecule has 102 valence electrons. The van der Waals surface area contributed by atoms with Crippen LogP contribution in [0.2, 0.25) is 0 Å². The van der Waals surface area contributed by atoms with Gasteiger partial charge in [0.25, 0.3) is 0 Å². The van der Waals surface area contributed by atoms with Crippen molar-refractivity contribution < 1.29 is 0 Å². The Hall–Kier alpha value is -1.67. The number of nitriles is 1. The van der Waals surface area contributed by atoms with Crippen molar-refractivity contribution in [3.8, 4) is 6.07 Å². The van der Waals surface area contributed by atoms with E-state index in [4.69, 9.17) is 0 Å². The number of hydrogen-bond donors (Lipinski definition) is 1. The SMILES string of the molecule is CNC1(C)CCN(c2nnc(C)c(C)c2C#N)CC1. The maximum Gasteiger partial charge on any atom is 0.169 e. The summed E-state index contributed by atoms with van der Waals surface area (Å²) >= 11 is 0. The Labute approximate surface area is 114 Å². The van der Waals surface area contributed by atoms with Gasteiger partial charge < -0.3 is 10.2 Å². The Morgan fingerprint density at radius 3 is 2.42 bits per heavy atom. The van der Waals surface area contributed by atoms with E-state index in [9.17, 15) is 5.26 Å². The number of aromatic nitrogens is 2. The van der Waals surface area contributed by atoms with E-state index < -0.39 is 0 Å². The van der Waals surface area contributed by atoms with Gasteiger partial charge >= 0.3 is 0 Å². The molecular formula is C14H21N5. The molecule has 2 heterocycles. The lowest BCUT2D eigenvalue weighted by Gasteiger charge is -2.39. The van der Waals surface area contributed by atoms with Crippen LogP contribution in [0.4, 0.5) is 5.82 Å². The Morgan fingerprint density at radius 1 is 1.26 bits per heavy atom. The van der Waals surface area contributed by atoms with Crippen LogP contribution in [-0.4, -0.2) is 35.9 Å². The molecule has 2 rings (SSSR count). The number of rotatable bonds is 2.